The molecule has 5 heteroatoms. The Labute approximate surface area is 116 Å². The fraction of sp³-hybridized carbons (Fsp3) is 0.357. The summed E-state index contributed by atoms with van der Waals surface area (Å²) in [5, 5.41) is 11.5. The van der Waals surface area contributed by atoms with E-state index in [4.69, 9.17) is 9.47 Å². The molecule has 0 saturated heterocycles. The molecule has 0 amide bonds. The number of hydrogen-bond acceptors (Lipinski definition) is 5. The molecule has 1 N–H and O–H groups in total. The molecule has 0 spiro atoms. The van der Waals surface area contributed by atoms with Gasteiger partial charge in [0, 0.05) is 11.6 Å². The maximum absolute atomic E-state index is 10.5. The molecule has 2 rings (SSSR count). The van der Waals surface area contributed by atoms with Crippen molar-refractivity contribution in [3.8, 4) is 11.5 Å². The van der Waals surface area contributed by atoms with Gasteiger partial charge in [-0.05, 0) is 26.0 Å². The van der Waals surface area contributed by atoms with E-state index in [9.17, 15) is 5.11 Å². The predicted molar refractivity (Wildman–Crippen MR) is 75.2 cm³/mol. The summed E-state index contributed by atoms with van der Waals surface area (Å²) in [6.07, 6.45) is -0.730. The van der Waals surface area contributed by atoms with Crippen LogP contribution in [-0.2, 0) is 0 Å². The molecule has 0 aliphatic heterocycles. The Balaban J connectivity index is 2.43. The normalized spacial score (nSPS) is 12.3. The summed E-state index contributed by atoms with van der Waals surface area (Å²) in [6.45, 7) is 3.83. The molecule has 19 heavy (non-hydrogen) atoms. The first-order valence-electron chi connectivity index (χ1n) is 5.90. The number of aliphatic hydroxyl groups excluding tert-OH is 1. The average Bonchev–Trinajstić information content (AvgIpc) is 2.76. The maximum Gasteiger partial charge on any atom is 0.128 e. The molecule has 1 heterocycles. The van der Waals surface area contributed by atoms with E-state index in [1.54, 1.807) is 20.3 Å². The van der Waals surface area contributed by atoms with Crippen LogP contribution in [0.2, 0.25) is 0 Å². The number of aliphatic hydroxyl groups is 1. The molecule has 1 aromatic heterocycles. The van der Waals surface area contributed by atoms with Crippen LogP contribution in [0.4, 0.5) is 0 Å². The van der Waals surface area contributed by atoms with Crippen molar-refractivity contribution in [3.05, 3.63) is 39.3 Å². The van der Waals surface area contributed by atoms with E-state index < -0.39 is 6.10 Å². The molecular formula is C14H17NO3S. The van der Waals surface area contributed by atoms with Crippen molar-refractivity contribution in [2.24, 2.45) is 0 Å². The van der Waals surface area contributed by atoms with Crippen molar-refractivity contribution >= 4 is 11.3 Å². The topological polar surface area (TPSA) is 51.6 Å². The van der Waals surface area contributed by atoms with E-state index in [-0.39, 0.29) is 0 Å². The average molecular weight is 279 g/mol. The molecule has 0 aliphatic rings. The lowest BCUT2D eigenvalue weighted by atomic mass is 10.1. The summed E-state index contributed by atoms with van der Waals surface area (Å²) in [4.78, 5) is 5.19. The quantitative estimate of drug-likeness (QED) is 0.935. The molecule has 0 radical (unpaired) electrons. The summed E-state index contributed by atoms with van der Waals surface area (Å²) in [7, 11) is 3.18. The molecule has 0 bridgehead atoms. The highest BCUT2D eigenvalue weighted by atomic mass is 32.1. The van der Waals surface area contributed by atoms with Crippen molar-refractivity contribution in [2.75, 3.05) is 14.2 Å². The number of aryl methyl sites for hydroxylation is 2. The van der Waals surface area contributed by atoms with Crippen molar-refractivity contribution in [2.45, 2.75) is 20.0 Å². The molecule has 1 atom stereocenters. The van der Waals surface area contributed by atoms with Gasteiger partial charge in [0.25, 0.3) is 0 Å². The first-order chi connectivity index (χ1) is 9.06. The number of aromatic nitrogens is 1. The summed E-state index contributed by atoms with van der Waals surface area (Å²) in [6, 6.07) is 5.39. The van der Waals surface area contributed by atoms with Crippen LogP contribution in [0.25, 0.3) is 0 Å². The van der Waals surface area contributed by atoms with Gasteiger partial charge in [-0.15, -0.1) is 11.3 Å². The molecule has 1 aromatic carbocycles. The Morgan fingerprint density at radius 3 is 2.47 bits per heavy atom. The SMILES string of the molecule is COc1ccc(C(O)c2sc(C)nc2C)c(OC)c1. The maximum atomic E-state index is 10.5. The zero-order valence-electron chi connectivity index (χ0n) is 11.4. The minimum Gasteiger partial charge on any atom is -0.497 e. The van der Waals surface area contributed by atoms with Crippen LogP contribution in [0.15, 0.2) is 18.2 Å². The fourth-order valence-electron chi connectivity index (χ4n) is 1.99. The largest absolute Gasteiger partial charge is 0.497 e. The number of benzene rings is 1. The van der Waals surface area contributed by atoms with Gasteiger partial charge < -0.3 is 14.6 Å². The number of nitrogens with zero attached hydrogens (tertiary/aromatic N) is 1. The van der Waals surface area contributed by atoms with Gasteiger partial charge in [-0.3, -0.25) is 0 Å². The van der Waals surface area contributed by atoms with E-state index in [0.29, 0.717) is 11.5 Å². The van der Waals surface area contributed by atoms with Crippen molar-refractivity contribution in [1.29, 1.82) is 0 Å². The van der Waals surface area contributed by atoms with Gasteiger partial charge >= 0.3 is 0 Å². The zero-order valence-corrected chi connectivity index (χ0v) is 12.2. The number of rotatable bonds is 4. The number of methoxy groups -OCH3 is 2. The van der Waals surface area contributed by atoms with Gasteiger partial charge in [-0.1, -0.05) is 0 Å². The zero-order chi connectivity index (χ0) is 14.0. The first kappa shape index (κ1) is 13.8. The van der Waals surface area contributed by atoms with E-state index in [1.807, 2.05) is 26.0 Å². The minimum absolute atomic E-state index is 0.609. The highest BCUT2D eigenvalue weighted by Crippen LogP contribution is 2.36. The molecule has 102 valence electrons. The van der Waals surface area contributed by atoms with Gasteiger partial charge in [0.1, 0.15) is 17.6 Å². The summed E-state index contributed by atoms with van der Waals surface area (Å²) in [5.41, 5.74) is 1.57. The van der Waals surface area contributed by atoms with E-state index >= 15 is 0 Å². The van der Waals surface area contributed by atoms with Crippen LogP contribution < -0.4 is 9.47 Å². The van der Waals surface area contributed by atoms with Crippen LogP contribution >= 0.6 is 11.3 Å². The second-order valence-electron chi connectivity index (χ2n) is 4.19. The Morgan fingerprint density at radius 2 is 1.95 bits per heavy atom. The van der Waals surface area contributed by atoms with Gasteiger partial charge in [0.2, 0.25) is 0 Å². The third kappa shape index (κ3) is 2.72. The Hall–Kier alpha value is -1.59. The third-order valence-electron chi connectivity index (χ3n) is 2.92. The highest BCUT2D eigenvalue weighted by molar-refractivity contribution is 7.11. The van der Waals surface area contributed by atoms with Crippen LogP contribution in [-0.4, -0.2) is 24.3 Å². The number of ether oxygens (including phenoxy) is 2. The lowest BCUT2D eigenvalue weighted by Gasteiger charge is -2.15. The van der Waals surface area contributed by atoms with Crippen LogP contribution in [0.5, 0.6) is 11.5 Å². The molecule has 2 aromatic rings. The monoisotopic (exact) mass is 279 g/mol. The lowest BCUT2D eigenvalue weighted by molar-refractivity contribution is 0.217. The van der Waals surface area contributed by atoms with Gasteiger partial charge in [-0.2, -0.15) is 0 Å². The van der Waals surface area contributed by atoms with E-state index in [1.165, 1.54) is 11.3 Å². The summed E-state index contributed by atoms with van der Waals surface area (Å²) >= 11 is 1.50. The Morgan fingerprint density at radius 1 is 1.21 bits per heavy atom. The molecular weight excluding hydrogens is 262 g/mol. The molecule has 0 aliphatic carbocycles. The summed E-state index contributed by atoms with van der Waals surface area (Å²) in [5.74, 6) is 1.31. The lowest BCUT2D eigenvalue weighted by Crippen LogP contribution is -2.02. The van der Waals surface area contributed by atoms with Crippen LogP contribution in [0, 0.1) is 13.8 Å². The van der Waals surface area contributed by atoms with E-state index in [0.717, 1.165) is 21.1 Å². The van der Waals surface area contributed by atoms with E-state index in [2.05, 4.69) is 4.98 Å². The Kier molecular flexibility index (Phi) is 4.07. The molecule has 0 fully saturated rings. The third-order valence-corrected chi connectivity index (χ3v) is 4.05. The van der Waals surface area contributed by atoms with Crippen LogP contribution in [0.3, 0.4) is 0 Å². The predicted octanol–water partition coefficient (Wildman–Crippen LogP) is 2.86. The number of hydrogen-bond donors (Lipinski definition) is 1. The van der Waals surface area contributed by atoms with Crippen molar-refractivity contribution in [3.63, 3.8) is 0 Å². The standard InChI is InChI=1S/C14H17NO3S/c1-8-14(19-9(2)15-8)13(16)11-6-5-10(17-3)7-12(11)18-4/h5-7,13,16H,1-4H3. The molecule has 4 nitrogen and oxygen atoms in total. The summed E-state index contributed by atoms with van der Waals surface area (Å²) < 4.78 is 10.5. The number of thiazole rings is 1. The Bertz CT molecular complexity index is 580. The minimum atomic E-state index is -0.730. The van der Waals surface area contributed by atoms with Gasteiger partial charge in [-0.25, -0.2) is 4.98 Å². The van der Waals surface area contributed by atoms with Crippen molar-refractivity contribution in [1.82, 2.24) is 4.98 Å². The van der Waals surface area contributed by atoms with Gasteiger partial charge in [0.05, 0.1) is 29.8 Å². The highest BCUT2D eigenvalue weighted by Gasteiger charge is 2.20. The van der Waals surface area contributed by atoms with Crippen molar-refractivity contribution < 1.29 is 14.6 Å². The fourth-order valence-corrected chi connectivity index (χ4v) is 2.92. The smallest absolute Gasteiger partial charge is 0.128 e. The van der Waals surface area contributed by atoms with Crippen LogP contribution in [0.1, 0.15) is 27.2 Å². The van der Waals surface area contributed by atoms with Gasteiger partial charge in [0.15, 0.2) is 0 Å². The molecule has 0 saturated carbocycles. The second kappa shape index (κ2) is 5.59. The first-order valence-corrected chi connectivity index (χ1v) is 6.72. The molecule has 1 unspecified atom stereocenters. The second-order valence-corrected chi connectivity index (χ2v) is 5.43.